The Labute approximate surface area is 113 Å². The maximum atomic E-state index is 11.5. The number of amides is 5. The summed E-state index contributed by atoms with van der Waals surface area (Å²) in [6.07, 6.45) is -0.781. The number of urea groups is 1. The van der Waals surface area contributed by atoms with Crippen molar-refractivity contribution in [3.8, 4) is 0 Å². The Morgan fingerprint density at radius 2 is 2.05 bits per heavy atom. The van der Waals surface area contributed by atoms with E-state index < -0.39 is 48.2 Å². The molecule has 1 aliphatic rings. The van der Waals surface area contributed by atoms with Gasteiger partial charge in [0, 0.05) is 7.05 Å². The highest BCUT2D eigenvalue weighted by Gasteiger charge is 2.37. The van der Waals surface area contributed by atoms with Crippen LogP contribution in [0.1, 0.15) is 12.8 Å². The lowest BCUT2D eigenvalue weighted by atomic mass is 10.2. The second-order valence-corrected chi connectivity index (χ2v) is 4.23. The van der Waals surface area contributed by atoms with Crippen LogP contribution < -0.4 is 16.4 Å². The minimum absolute atomic E-state index is 0.198. The molecule has 0 radical (unpaired) electrons. The van der Waals surface area contributed by atoms with Crippen molar-refractivity contribution in [3.63, 3.8) is 0 Å². The molecule has 0 aromatic rings. The first kappa shape index (κ1) is 15.4. The number of carboxylic acid groups (broad SMARTS) is 1. The summed E-state index contributed by atoms with van der Waals surface area (Å²) in [7, 11) is 1.28. The normalized spacial score (nSPS) is 19.6. The summed E-state index contributed by atoms with van der Waals surface area (Å²) in [6, 6.07) is -3.52. The first-order valence-electron chi connectivity index (χ1n) is 5.61. The standard InChI is InChI=1S/C10H14N4O6/c1-14-7(16)3-4(8(14)17)12-10(20)13-5(9(18)19)2-6(11)15/h4-5H,2-3H2,1H3,(H2,11,15)(H,18,19)(H2,12,13,20). The summed E-state index contributed by atoms with van der Waals surface area (Å²) in [5.74, 6) is -3.38. The number of primary amides is 1. The Morgan fingerprint density at radius 3 is 2.45 bits per heavy atom. The number of carbonyl (C=O) groups excluding carboxylic acids is 4. The second kappa shape index (κ2) is 5.99. The van der Waals surface area contributed by atoms with Gasteiger partial charge in [-0.3, -0.25) is 19.3 Å². The summed E-state index contributed by atoms with van der Waals surface area (Å²) in [4.78, 5) is 56.6. The maximum Gasteiger partial charge on any atom is 0.326 e. The van der Waals surface area contributed by atoms with Crippen LogP contribution in [0.25, 0.3) is 0 Å². The summed E-state index contributed by atoms with van der Waals surface area (Å²) in [5, 5.41) is 13.0. The minimum atomic E-state index is -1.50. The number of hydrogen-bond acceptors (Lipinski definition) is 5. The third kappa shape index (κ3) is 3.67. The van der Waals surface area contributed by atoms with Gasteiger partial charge in [0.05, 0.1) is 12.8 Å². The minimum Gasteiger partial charge on any atom is -0.480 e. The van der Waals surface area contributed by atoms with E-state index in [-0.39, 0.29) is 6.42 Å². The average molecular weight is 286 g/mol. The van der Waals surface area contributed by atoms with Gasteiger partial charge in [0.15, 0.2) is 0 Å². The lowest BCUT2D eigenvalue weighted by Crippen LogP contribution is -2.51. The van der Waals surface area contributed by atoms with Crippen molar-refractivity contribution < 1.29 is 29.1 Å². The average Bonchev–Trinajstić information content (AvgIpc) is 2.55. The Bertz CT molecular complexity index is 468. The first-order chi connectivity index (χ1) is 9.22. The Kier molecular flexibility index (Phi) is 4.62. The fourth-order valence-corrected chi connectivity index (χ4v) is 1.63. The van der Waals surface area contributed by atoms with Crippen molar-refractivity contribution in [2.45, 2.75) is 24.9 Å². The van der Waals surface area contributed by atoms with Gasteiger partial charge in [0.2, 0.25) is 11.8 Å². The molecule has 1 aliphatic heterocycles. The number of likely N-dealkylation sites (N-methyl/N-ethyl adjacent to an activating group) is 1. The van der Waals surface area contributed by atoms with E-state index in [0.717, 1.165) is 4.90 Å². The number of aliphatic carboxylic acids is 1. The molecule has 0 bridgehead atoms. The molecule has 1 rings (SSSR count). The quantitative estimate of drug-likeness (QED) is 0.404. The summed E-state index contributed by atoms with van der Waals surface area (Å²) in [5.41, 5.74) is 4.85. The van der Waals surface area contributed by atoms with Gasteiger partial charge < -0.3 is 21.5 Å². The van der Waals surface area contributed by atoms with Crippen LogP contribution in [0.4, 0.5) is 4.79 Å². The lowest BCUT2D eigenvalue weighted by Gasteiger charge is -2.16. The predicted octanol–water partition coefficient (Wildman–Crippen LogP) is -2.63. The molecule has 0 saturated carbocycles. The smallest absolute Gasteiger partial charge is 0.326 e. The van der Waals surface area contributed by atoms with Crippen molar-refractivity contribution >= 4 is 29.7 Å². The molecule has 10 nitrogen and oxygen atoms in total. The van der Waals surface area contributed by atoms with Crippen molar-refractivity contribution in [2.75, 3.05) is 7.05 Å². The van der Waals surface area contributed by atoms with Crippen LogP contribution in [0.15, 0.2) is 0 Å². The fraction of sp³-hybridized carbons (Fsp3) is 0.500. The monoisotopic (exact) mass is 286 g/mol. The third-order valence-corrected chi connectivity index (χ3v) is 2.70. The zero-order valence-electron chi connectivity index (χ0n) is 10.6. The highest BCUT2D eigenvalue weighted by Crippen LogP contribution is 2.10. The van der Waals surface area contributed by atoms with Gasteiger partial charge in [-0.1, -0.05) is 0 Å². The van der Waals surface area contributed by atoms with E-state index in [0.29, 0.717) is 0 Å². The van der Waals surface area contributed by atoms with Crippen molar-refractivity contribution in [3.05, 3.63) is 0 Å². The molecular formula is C10H14N4O6. The van der Waals surface area contributed by atoms with E-state index in [4.69, 9.17) is 10.8 Å². The van der Waals surface area contributed by atoms with Crippen LogP contribution in [-0.4, -0.2) is 58.9 Å². The molecule has 2 unspecified atom stereocenters. The van der Waals surface area contributed by atoms with Crippen LogP contribution in [0.2, 0.25) is 0 Å². The number of imide groups is 1. The van der Waals surface area contributed by atoms with Gasteiger partial charge in [-0.05, 0) is 0 Å². The van der Waals surface area contributed by atoms with Gasteiger partial charge in [0.1, 0.15) is 12.1 Å². The van der Waals surface area contributed by atoms with Crippen LogP contribution in [0.3, 0.4) is 0 Å². The van der Waals surface area contributed by atoms with E-state index in [1.54, 1.807) is 0 Å². The second-order valence-electron chi connectivity index (χ2n) is 4.23. The zero-order chi connectivity index (χ0) is 15.4. The number of carbonyl (C=O) groups is 5. The molecule has 1 heterocycles. The molecule has 1 saturated heterocycles. The molecule has 0 aromatic heterocycles. The lowest BCUT2D eigenvalue weighted by molar-refractivity contribution is -0.141. The Hall–Kier alpha value is -2.65. The maximum absolute atomic E-state index is 11.5. The van der Waals surface area contributed by atoms with Gasteiger partial charge >= 0.3 is 12.0 Å². The number of nitrogens with two attached hydrogens (primary N) is 1. The molecule has 20 heavy (non-hydrogen) atoms. The van der Waals surface area contributed by atoms with Gasteiger partial charge in [-0.15, -0.1) is 0 Å². The topological polar surface area (TPSA) is 159 Å². The molecular weight excluding hydrogens is 272 g/mol. The van der Waals surface area contributed by atoms with Gasteiger partial charge in [-0.2, -0.15) is 0 Å². The van der Waals surface area contributed by atoms with E-state index in [2.05, 4.69) is 5.32 Å². The largest absolute Gasteiger partial charge is 0.480 e. The van der Waals surface area contributed by atoms with Crippen LogP contribution in [0.5, 0.6) is 0 Å². The number of rotatable bonds is 5. The van der Waals surface area contributed by atoms with Crippen molar-refractivity contribution in [1.82, 2.24) is 15.5 Å². The van der Waals surface area contributed by atoms with E-state index in [9.17, 15) is 24.0 Å². The first-order valence-corrected chi connectivity index (χ1v) is 5.61. The molecule has 1 fully saturated rings. The molecule has 5 amide bonds. The Balaban J connectivity index is 2.58. The van der Waals surface area contributed by atoms with E-state index in [1.807, 2.05) is 5.32 Å². The SMILES string of the molecule is CN1C(=O)CC(NC(=O)NC(CC(N)=O)C(=O)O)C1=O. The predicted molar refractivity (Wildman–Crippen MR) is 63.1 cm³/mol. The van der Waals surface area contributed by atoms with Crippen LogP contribution >= 0.6 is 0 Å². The number of hydrogen-bond donors (Lipinski definition) is 4. The van der Waals surface area contributed by atoms with Gasteiger partial charge in [-0.25, -0.2) is 9.59 Å². The highest BCUT2D eigenvalue weighted by molar-refractivity contribution is 6.06. The molecule has 0 spiro atoms. The zero-order valence-corrected chi connectivity index (χ0v) is 10.6. The van der Waals surface area contributed by atoms with Crippen molar-refractivity contribution in [1.29, 1.82) is 0 Å². The van der Waals surface area contributed by atoms with Crippen LogP contribution in [0, 0.1) is 0 Å². The number of nitrogens with zero attached hydrogens (tertiary/aromatic N) is 1. The third-order valence-electron chi connectivity index (χ3n) is 2.70. The highest BCUT2D eigenvalue weighted by atomic mass is 16.4. The van der Waals surface area contributed by atoms with Crippen molar-refractivity contribution in [2.24, 2.45) is 5.73 Å². The summed E-state index contributed by atoms with van der Waals surface area (Å²) >= 11 is 0. The molecule has 10 heteroatoms. The molecule has 0 aliphatic carbocycles. The fourth-order valence-electron chi connectivity index (χ4n) is 1.63. The van der Waals surface area contributed by atoms with E-state index in [1.165, 1.54) is 7.05 Å². The van der Waals surface area contributed by atoms with E-state index >= 15 is 0 Å². The summed E-state index contributed by atoms with van der Waals surface area (Å²) < 4.78 is 0. The van der Waals surface area contributed by atoms with Gasteiger partial charge in [0.25, 0.3) is 5.91 Å². The number of carboxylic acids is 1. The Morgan fingerprint density at radius 1 is 1.45 bits per heavy atom. The van der Waals surface area contributed by atoms with Crippen LogP contribution in [-0.2, 0) is 19.2 Å². The molecule has 110 valence electrons. The number of nitrogens with one attached hydrogen (secondary N) is 2. The summed E-state index contributed by atoms with van der Waals surface area (Å²) in [6.45, 7) is 0. The molecule has 2 atom stereocenters. The molecule has 5 N–H and O–H groups in total. The molecule has 0 aromatic carbocycles. The number of likely N-dealkylation sites (tertiary alicyclic amines) is 1.